The molecule has 5 heteroatoms. The van der Waals surface area contributed by atoms with Crippen LogP contribution >= 0.6 is 0 Å². The molecule has 1 aliphatic rings. The van der Waals surface area contributed by atoms with Crippen molar-refractivity contribution in [2.45, 2.75) is 45.1 Å². The largest absolute Gasteiger partial charge is 0.486 e. The van der Waals surface area contributed by atoms with Crippen molar-refractivity contribution in [1.29, 1.82) is 0 Å². The summed E-state index contributed by atoms with van der Waals surface area (Å²) >= 11 is 0. The zero-order chi connectivity index (χ0) is 22.9. The van der Waals surface area contributed by atoms with Crippen molar-refractivity contribution in [3.05, 3.63) is 94.9 Å². The number of ketones is 1. The Hall–Kier alpha value is -3.47. The molecule has 0 amide bonds. The third-order valence-corrected chi connectivity index (χ3v) is 5.71. The molecule has 2 aromatic carbocycles. The molecular formula is C28H29FN2O2. The monoisotopic (exact) mass is 444 g/mol. The van der Waals surface area contributed by atoms with Gasteiger partial charge in [0.05, 0.1) is 0 Å². The lowest BCUT2D eigenvalue weighted by molar-refractivity contribution is -0.114. The summed E-state index contributed by atoms with van der Waals surface area (Å²) in [5, 5.41) is 3.36. The highest BCUT2D eigenvalue weighted by atomic mass is 19.1. The number of nitrogens with zero attached hydrogens (tertiary/aromatic N) is 1. The zero-order valence-electron chi connectivity index (χ0n) is 18.7. The Bertz CT molecular complexity index is 1110. The van der Waals surface area contributed by atoms with Crippen molar-refractivity contribution in [3.8, 4) is 5.75 Å². The van der Waals surface area contributed by atoms with Crippen LogP contribution in [-0.4, -0.2) is 17.3 Å². The fraction of sp³-hybridized carbons (Fsp3) is 0.286. The van der Waals surface area contributed by atoms with Crippen LogP contribution in [0.5, 0.6) is 5.75 Å². The number of aryl methyl sites for hydroxylation is 2. The number of carbonyl (C=O) groups is 1. The molecule has 3 aromatic rings. The van der Waals surface area contributed by atoms with Gasteiger partial charge >= 0.3 is 0 Å². The molecule has 0 bridgehead atoms. The maximum absolute atomic E-state index is 14.3. The second-order valence-corrected chi connectivity index (χ2v) is 8.31. The second-order valence-electron chi connectivity index (χ2n) is 8.31. The van der Waals surface area contributed by atoms with Crippen LogP contribution < -0.4 is 10.1 Å². The van der Waals surface area contributed by atoms with Crippen molar-refractivity contribution in [1.82, 2.24) is 4.98 Å². The maximum Gasteiger partial charge on any atom is 0.165 e. The number of nitrogens with one attached hydrogen (secondary N) is 1. The lowest BCUT2D eigenvalue weighted by atomic mass is 10.0. The van der Waals surface area contributed by atoms with E-state index in [9.17, 15) is 9.18 Å². The number of hydrogen-bond donors (Lipinski definition) is 1. The van der Waals surface area contributed by atoms with Crippen LogP contribution in [0.3, 0.4) is 0 Å². The van der Waals surface area contributed by atoms with Crippen LogP contribution in [-0.2, 0) is 24.2 Å². The van der Waals surface area contributed by atoms with E-state index in [0.717, 1.165) is 55.7 Å². The topological polar surface area (TPSA) is 51.2 Å². The Morgan fingerprint density at radius 1 is 1.09 bits per heavy atom. The molecule has 0 atom stereocenters. The summed E-state index contributed by atoms with van der Waals surface area (Å²) in [5.41, 5.74) is 3.97. The van der Waals surface area contributed by atoms with Gasteiger partial charge in [-0.05, 0) is 73.1 Å². The van der Waals surface area contributed by atoms with Gasteiger partial charge in [0.25, 0.3) is 0 Å². The fourth-order valence-electron chi connectivity index (χ4n) is 3.86. The maximum atomic E-state index is 14.3. The molecular weight excluding hydrogens is 415 g/mol. The summed E-state index contributed by atoms with van der Waals surface area (Å²) in [4.78, 5) is 16.9. The van der Waals surface area contributed by atoms with Gasteiger partial charge in [0.1, 0.15) is 12.4 Å². The smallest absolute Gasteiger partial charge is 0.165 e. The van der Waals surface area contributed by atoms with Gasteiger partial charge in [-0.15, -0.1) is 0 Å². The normalized spacial score (nSPS) is 12.9. The molecule has 4 nitrogen and oxygen atoms in total. The van der Waals surface area contributed by atoms with Gasteiger partial charge in [-0.3, -0.25) is 4.79 Å². The summed E-state index contributed by atoms with van der Waals surface area (Å²) in [5.74, 6) is 0.822. The van der Waals surface area contributed by atoms with Crippen molar-refractivity contribution >= 4 is 17.7 Å². The van der Waals surface area contributed by atoms with Crippen molar-refractivity contribution in [2.24, 2.45) is 0 Å². The molecule has 2 heterocycles. The standard InChI is InChI=1S/C28H29FN2O2/c29-26-19-21(13-17-27(26)33-20-22-7-2-1-3-8-22)12-16-25(32)11-5-4-10-24-15-14-23-9-6-18-30-28(23)31-24/h1-3,7-8,12-17,19H,4-6,9-11,18,20H2,(H,30,31)/b16-12+. The van der Waals surface area contributed by atoms with E-state index in [0.29, 0.717) is 18.6 Å². The first-order chi connectivity index (χ1) is 16.2. The first kappa shape index (κ1) is 22.7. The Kier molecular flexibility index (Phi) is 7.85. The molecule has 33 heavy (non-hydrogen) atoms. The molecule has 4 rings (SSSR count). The molecule has 0 saturated carbocycles. The van der Waals surface area contributed by atoms with Crippen molar-refractivity contribution in [3.63, 3.8) is 0 Å². The lowest BCUT2D eigenvalue weighted by Crippen LogP contribution is -2.14. The first-order valence-corrected chi connectivity index (χ1v) is 11.6. The van der Waals surface area contributed by atoms with Crippen LogP contribution in [0.25, 0.3) is 6.08 Å². The van der Waals surface area contributed by atoms with E-state index in [1.807, 2.05) is 30.3 Å². The number of hydrogen-bond acceptors (Lipinski definition) is 4. The number of fused-ring (bicyclic) bond motifs is 1. The Labute approximate surface area is 194 Å². The Balaban J connectivity index is 1.20. The van der Waals surface area contributed by atoms with Gasteiger partial charge in [0, 0.05) is 18.7 Å². The summed E-state index contributed by atoms with van der Waals surface area (Å²) in [6.45, 7) is 1.29. The molecule has 0 unspecified atom stereocenters. The van der Waals surface area contributed by atoms with E-state index in [1.165, 1.54) is 17.7 Å². The quantitative estimate of drug-likeness (QED) is 0.301. The third-order valence-electron chi connectivity index (χ3n) is 5.71. The molecule has 1 aliphatic heterocycles. The van der Waals surface area contributed by atoms with E-state index in [4.69, 9.17) is 9.72 Å². The van der Waals surface area contributed by atoms with Crippen LogP contribution in [0.4, 0.5) is 10.2 Å². The number of pyridine rings is 1. The predicted molar refractivity (Wildman–Crippen MR) is 130 cm³/mol. The minimum atomic E-state index is -0.437. The Morgan fingerprint density at radius 2 is 1.97 bits per heavy atom. The van der Waals surface area contributed by atoms with Crippen molar-refractivity contribution < 1.29 is 13.9 Å². The summed E-state index contributed by atoms with van der Waals surface area (Å²) < 4.78 is 19.9. The van der Waals surface area contributed by atoms with Crippen LogP contribution in [0.15, 0.2) is 66.7 Å². The summed E-state index contributed by atoms with van der Waals surface area (Å²) in [7, 11) is 0. The number of benzene rings is 2. The minimum absolute atomic E-state index is 0.0416. The third kappa shape index (κ3) is 6.75. The minimum Gasteiger partial charge on any atom is -0.486 e. The zero-order valence-corrected chi connectivity index (χ0v) is 18.7. The van der Waals surface area contributed by atoms with Gasteiger partial charge in [-0.2, -0.15) is 0 Å². The number of rotatable bonds is 10. The van der Waals surface area contributed by atoms with E-state index in [-0.39, 0.29) is 11.5 Å². The molecule has 0 radical (unpaired) electrons. The number of carbonyl (C=O) groups excluding carboxylic acids is 1. The number of unbranched alkanes of at least 4 members (excludes halogenated alkanes) is 1. The average molecular weight is 445 g/mol. The number of anilines is 1. The highest BCUT2D eigenvalue weighted by Gasteiger charge is 2.10. The SMILES string of the molecule is O=C(/C=C/c1ccc(OCc2ccccc2)c(F)c1)CCCCc1ccc2c(n1)NCCC2. The lowest BCUT2D eigenvalue weighted by Gasteiger charge is -2.17. The molecule has 0 saturated heterocycles. The van der Waals surface area contributed by atoms with Gasteiger partial charge in [0.2, 0.25) is 0 Å². The highest BCUT2D eigenvalue weighted by Crippen LogP contribution is 2.22. The van der Waals surface area contributed by atoms with Crippen molar-refractivity contribution in [2.75, 3.05) is 11.9 Å². The van der Waals surface area contributed by atoms with E-state index in [1.54, 1.807) is 18.2 Å². The molecule has 1 aromatic heterocycles. The number of ether oxygens (including phenoxy) is 1. The van der Waals surface area contributed by atoms with Gasteiger partial charge in [-0.25, -0.2) is 9.37 Å². The highest BCUT2D eigenvalue weighted by molar-refractivity contribution is 5.93. The number of halogens is 1. The van der Waals surface area contributed by atoms with Crippen LogP contribution in [0, 0.1) is 5.82 Å². The first-order valence-electron chi connectivity index (χ1n) is 11.6. The Morgan fingerprint density at radius 3 is 2.82 bits per heavy atom. The average Bonchev–Trinajstić information content (AvgIpc) is 2.85. The van der Waals surface area contributed by atoms with Crippen LogP contribution in [0.2, 0.25) is 0 Å². The van der Waals surface area contributed by atoms with E-state index in [2.05, 4.69) is 17.4 Å². The number of allylic oxidation sites excluding steroid dienone is 1. The summed E-state index contributed by atoms with van der Waals surface area (Å²) in [6.07, 6.45) is 8.47. The molecule has 0 aliphatic carbocycles. The number of aromatic nitrogens is 1. The summed E-state index contributed by atoms with van der Waals surface area (Å²) in [6, 6.07) is 18.6. The fourth-order valence-corrected chi connectivity index (χ4v) is 3.86. The molecule has 1 N–H and O–H groups in total. The van der Waals surface area contributed by atoms with E-state index >= 15 is 0 Å². The second kappa shape index (κ2) is 11.4. The van der Waals surface area contributed by atoms with Crippen LogP contribution in [0.1, 0.15) is 48.1 Å². The predicted octanol–water partition coefficient (Wildman–Crippen LogP) is 6.15. The molecule has 170 valence electrons. The van der Waals surface area contributed by atoms with Gasteiger partial charge in [0.15, 0.2) is 17.3 Å². The molecule has 0 fully saturated rings. The van der Waals surface area contributed by atoms with E-state index < -0.39 is 5.82 Å². The molecule has 0 spiro atoms. The van der Waals surface area contributed by atoms with Gasteiger partial charge < -0.3 is 10.1 Å². The van der Waals surface area contributed by atoms with Gasteiger partial charge in [-0.1, -0.05) is 48.5 Å².